The van der Waals surface area contributed by atoms with Crippen LogP contribution < -0.4 is 5.73 Å². The van der Waals surface area contributed by atoms with Crippen LogP contribution in [0.2, 0.25) is 0 Å². The molecule has 0 aliphatic rings. The quantitative estimate of drug-likeness (QED) is 0.726. The number of carbonyl (C=O) groups is 1. The molecule has 0 radical (unpaired) electrons. The monoisotopic (exact) mass is 202 g/mol. The Bertz CT molecular complexity index is 300. The molecule has 1 heterocycles. The first-order chi connectivity index (χ1) is 6.19. The van der Waals surface area contributed by atoms with E-state index in [1.807, 2.05) is 0 Å². The zero-order valence-corrected chi connectivity index (χ0v) is 8.13. The standard InChI is InChI=1S/C7H10N2O3S/c1-11-5(6(10)12-2)4-3-13-7(8)9-4/h3,5H,1-2H3,(H2,8,9). The average molecular weight is 202 g/mol. The van der Waals surface area contributed by atoms with Gasteiger partial charge in [0.15, 0.2) is 11.2 Å². The summed E-state index contributed by atoms with van der Waals surface area (Å²) in [6.07, 6.45) is -0.779. The van der Waals surface area contributed by atoms with E-state index in [4.69, 9.17) is 10.5 Å². The smallest absolute Gasteiger partial charge is 0.341 e. The van der Waals surface area contributed by atoms with Crippen molar-refractivity contribution in [3.63, 3.8) is 0 Å². The fourth-order valence-corrected chi connectivity index (χ4v) is 1.44. The Hall–Kier alpha value is -1.14. The lowest BCUT2D eigenvalue weighted by Crippen LogP contribution is -2.16. The second kappa shape index (κ2) is 4.20. The molecule has 0 fully saturated rings. The van der Waals surface area contributed by atoms with Gasteiger partial charge in [0.2, 0.25) is 0 Å². The molecule has 0 saturated carbocycles. The van der Waals surface area contributed by atoms with Crippen molar-refractivity contribution in [1.29, 1.82) is 0 Å². The minimum absolute atomic E-state index is 0.404. The van der Waals surface area contributed by atoms with Gasteiger partial charge in [-0.05, 0) is 0 Å². The second-order valence-corrected chi connectivity index (χ2v) is 3.14. The molecule has 0 aliphatic carbocycles. The molecule has 2 N–H and O–H groups in total. The fraction of sp³-hybridized carbons (Fsp3) is 0.429. The van der Waals surface area contributed by atoms with E-state index >= 15 is 0 Å². The Morgan fingerprint density at radius 2 is 2.38 bits per heavy atom. The number of methoxy groups -OCH3 is 2. The number of thiazole rings is 1. The summed E-state index contributed by atoms with van der Waals surface area (Å²) in [6, 6.07) is 0. The van der Waals surface area contributed by atoms with Gasteiger partial charge < -0.3 is 15.2 Å². The summed E-state index contributed by atoms with van der Waals surface area (Å²) in [5, 5.41) is 2.07. The predicted molar refractivity (Wildman–Crippen MR) is 48.3 cm³/mol. The minimum Gasteiger partial charge on any atom is -0.467 e. The Morgan fingerprint density at radius 1 is 1.69 bits per heavy atom. The Balaban J connectivity index is 2.84. The highest BCUT2D eigenvalue weighted by molar-refractivity contribution is 7.13. The number of nitrogens with zero attached hydrogens (tertiary/aromatic N) is 1. The third-order valence-corrected chi connectivity index (χ3v) is 2.15. The first-order valence-electron chi connectivity index (χ1n) is 3.50. The van der Waals surface area contributed by atoms with Crippen LogP contribution in [0.3, 0.4) is 0 Å². The highest BCUT2D eigenvalue weighted by atomic mass is 32.1. The minimum atomic E-state index is -0.779. The van der Waals surface area contributed by atoms with Gasteiger partial charge in [0.25, 0.3) is 0 Å². The van der Waals surface area contributed by atoms with E-state index in [0.717, 1.165) is 0 Å². The number of carbonyl (C=O) groups excluding carboxylic acids is 1. The number of hydrogen-bond donors (Lipinski definition) is 1. The average Bonchev–Trinajstić information content (AvgIpc) is 2.53. The lowest BCUT2D eigenvalue weighted by Gasteiger charge is -2.09. The molecule has 0 aromatic carbocycles. The van der Waals surface area contributed by atoms with Gasteiger partial charge >= 0.3 is 5.97 Å². The van der Waals surface area contributed by atoms with E-state index in [2.05, 4.69) is 9.72 Å². The molecule has 1 rings (SSSR count). The van der Waals surface area contributed by atoms with Crippen molar-refractivity contribution in [2.45, 2.75) is 6.10 Å². The predicted octanol–water partition coefficient (Wildman–Crippen LogP) is 0.586. The van der Waals surface area contributed by atoms with Crippen molar-refractivity contribution in [3.8, 4) is 0 Å². The van der Waals surface area contributed by atoms with E-state index < -0.39 is 12.1 Å². The van der Waals surface area contributed by atoms with Gasteiger partial charge in [0.1, 0.15) is 0 Å². The highest BCUT2D eigenvalue weighted by Crippen LogP contribution is 2.21. The van der Waals surface area contributed by atoms with Crippen LogP contribution in [0.25, 0.3) is 0 Å². The molecule has 1 atom stereocenters. The molecule has 0 bridgehead atoms. The van der Waals surface area contributed by atoms with Gasteiger partial charge in [-0.25, -0.2) is 9.78 Å². The Labute approximate surface area is 79.5 Å². The third kappa shape index (κ3) is 2.16. The fourth-order valence-electron chi connectivity index (χ4n) is 0.866. The molecular formula is C7H10N2O3S. The van der Waals surface area contributed by atoms with Crippen molar-refractivity contribution in [2.24, 2.45) is 0 Å². The van der Waals surface area contributed by atoms with Crippen molar-refractivity contribution in [3.05, 3.63) is 11.1 Å². The number of hydrogen-bond acceptors (Lipinski definition) is 6. The number of esters is 1. The normalized spacial score (nSPS) is 12.5. The summed E-state index contributed by atoms with van der Waals surface area (Å²) in [5.74, 6) is -0.479. The summed E-state index contributed by atoms with van der Waals surface area (Å²) in [5.41, 5.74) is 5.90. The van der Waals surface area contributed by atoms with E-state index in [1.54, 1.807) is 5.38 Å². The van der Waals surface area contributed by atoms with Crippen molar-refractivity contribution >= 4 is 22.4 Å². The molecular weight excluding hydrogens is 192 g/mol. The number of ether oxygens (including phenoxy) is 2. The summed E-state index contributed by atoms with van der Waals surface area (Å²) < 4.78 is 9.44. The molecule has 5 nitrogen and oxygen atoms in total. The SMILES string of the molecule is COC(=O)C(OC)c1csc(N)n1. The second-order valence-electron chi connectivity index (χ2n) is 2.25. The van der Waals surface area contributed by atoms with Crippen LogP contribution in [-0.4, -0.2) is 25.2 Å². The highest BCUT2D eigenvalue weighted by Gasteiger charge is 2.23. The molecule has 0 aliphatic heterocycles. The van der Waals surface area contributed by atoms with Crippen LogP contribution in [0.1, 0.15) is 11.8 Å². The molecule has 0 spiro atoms. The van der Waals surface area contributed by atoms with Crippen LogP contribution in [0, 0.1) is 0 Å². The van der Waals surface area contributed by atoms with Gasteiger partial charge in [-0.15, -0.1) is 11.3 Å². The van der Waals surface area contributed by atoms with Crippen LogP contribution in [0.5, 0.6) is 0 Å². The van der Waals surface area contributed by atoms with E-state index in [9.17, 15) is 4.79 Å². The maximum Gasteiger partial charge on any atom is 0.341 e. The van der Waals surface area contributed by atoms with Gasteiger partial charge in [-0.1, -0.05) is 0 Å². The Kier molecular flexibility index (Phi) is 3.21. The number of nitrogens with two attached hydrogens (primary N) is 1. The summed E-state index contributed by atoms with van der Waals surface area (Å²) in [4.78, 5) is 15.1. The van der Waals surface area contributed by atoms with Crippen LogP contribution in [-0.2, 0) is 14.3 Å². The van der Waals surface area contributed by atoms with Crippen molar-refractivity contribution < 1.29 is 14.3 Å². The van der Waals surface area contributed by atoms with E-state index in [-0.39, 0.29) is 0 Å². The third-order valence-electron chi connectivity index (χ3n) is 1.46. The first-order valence-corrected chi connectivity index (χ1v) is 4.38. The van der Waals surface area contributed by atoms with Gasteiger partial charge in [-0.2, -0.15) is 0 Å². The van der Waals surface area contributed by atoms with Gasteiger partial charge in [0, 0.05) is 12.5 Å². The largest absolute Gasteiger partial charge is 0.467 e. The van der Waals surface area contributed by atoms with Gasteiger partial charge in [0.05, 0.1) is 12.8 Å². The first kappa shape index (κ1) is 9.94. The summed E-state index contributed by atoms with van der Waals surface area (Å²) in [7, 11) is 2.71. The van der Waals surface area contributed by atoms with Crippen molar-refractivity contribution in [1.82, 2.24) is 4.98 Å². The molecule has 72 valence electrons. The van der Waals surface area contributed by atoms with Crippen LogP contribution >= 0.6 is 11.3 Å². The molecule has 0 saturated heterocycles. The van der Waals surface area contributed by atoms with Gasteiger partial charge in [-0.3, -0.25) is 0 Å². The number of aromatic nitrogens is 1. The van der Waals surface area contributed by atoms with E-state index in [1.165, 1.54) is 25.6 Å². The topological polar surface area (TPSA) is 74.4 Å². The van der Waals surface area contributed by atoms with Crippen LogP contribution in [0.15, 0.2) is 5.38 Å². The maximum absolute atomic E-state index is 11.1. The molecule has 1 aromatic heterocycles. The Morgan fingerprint density at radius 3 is 2.77 bits per heavy atom. The number of nitrogen functional groups attached to an aromatic ring is 1. The molecule has 0 amide bonds. The van der Waals surface area contributed by atoms with E-state index in [0.29, 0.717) is 10.8 Å². The molecule has 6 heteroatoms. The summed E-state index contributed by atoms with van der Waals surface area (Å²) in [6.45, 7) is 0. The number of anilines is 1. The molecule has 1 aromatic rings. The zero-order chi connectivity index (χ0) is 9.84. The lowest BCUT2D eigenvalue weighted by molar-refractivity contribution is -0.152. The van der Waals surface area contributed by atoms with Crippen molar-refractivity contribution in [2.75, 3.05) is 20.0 Å². The zero-order valence-electron chi connectivity index (χ0n) is 7.31. The van der Waals surface area contributed by atoms with Crippen LogP contribution in [0.4, 0.5) is 5.13 Å². The number of rotatable bonds is 3. The lowest BCUT2D eigenvalue weighted by atomic mass is 10.3. The molecule has 1 unspecified atom stereocenters. The molecule has 13 heavy (non-hydrogen) atoms. The maximum atomic E-state index is 11.1. The summed E-state index contributed by atoms with van der Waals surface area (Å²) >= 11 is 1.25.